The molecule has 0 radical (unpaired) electrons. The zero-order chi connectivity index (χ0) is 11.4. The van der Waals surface area contributed by atoms with Gasteiger partial charge in [-0.3, -0.25) is 0 Å². The molecule has 0 aliphatic rings. The van der Waals surface area contributed by atoms with Crippen LogP contribution in [0.3, 0.4) is 0 Å². The fourth-order valence-electron chi connectivity index (χ4n) is 1.19. The third kappa shape index (κ3) is 3.15. The largest absolute Gasteiger partial charge is 0.354 e. The summed E-state index contributed by atoms with van der Waals surface area (Å²) in [5.74, 6) is -0.000332. The summed E-state index contributed by atoms with van der Waals surface area (Å²) in [6, 6.07) is 3.86. The van der Waals surface area contributed by atoms with Crippen LogP contribution in [0.5, 0.6) is 0 Å². The van der Waals surface area contributed by atoms with Crippen molar-refractivity contribution in [3.8, 4) is 0 Å². The Labute approximate surface area is 101 Å². The molecule has 0 unspecified atom stereocenters. The van der Waals surface area contributed by atoms with E-state index in [0.717, 1.165) is 23.2 Å². The number of aromatic nitrogens is 2. The molecular formula is C10H9ClFN3S. The molecule has 0 bridgehead atoms. The summed E-state index contributed by atoms with van der Waals surface area (Å²) in [6.07, 6.45) is 3.12. The summed E-state index contributed by atoms with van der Waals surface area (Å²) in [5.41, 5.74) is 0. The topological polar surface area (TPSA) is 37.8 Å². The first-order chi connectivity index (χ1) is 7.74. The van der Waals surface area contributed by atoms with E-state index in [-0.39, 0.29) is 0 Å². The summed E-state index contributed by atoms with van der Waals surface area (Å²) in [5, 5.41) is 3.00. The van der Waals surface area contributed by atoms with Crippen LogP contribution < -0.4 is 5.32 Å². The lowest BCUT2D eigenvalue weighted by Crippen LogP contribution is -2.07. The Morgan fingerprint density at radius 3 is 2.69 bits per heavy atom. The quantitative estimate of drug-likeness (QED) is 0.915. The molecule has 84 valence electrons. The molecule has 2 aromatic heterocycles. The van der Waals surface area contributed by atoms with Crippen LogP contribution in [0.25, 0.3) is 0 Å². The minimum absolute atomic E-state index is 0.434. The molecule has 1 N–H and O–H groups in total. The Balaban J connectivity index is 1.82. The maximum absolute atomic E-state index is 12.5. The smallest absolute Gasteiger partial charge is 0.222 e. The molecule has 0 saturated heterocycles. The van der Waals surface area contributed by atoms with Crippen LogP contribution >= 0.6 is 22.9 Å². The van der Waals surface area contributed by atoms with Gasteiger partial charge in [0.15, 0.2) is 5.82 Å². The van der Waals surface area contributed by atoms with Crippen molar-refractivity contribution in [2.45, 2.75) is 6.42 Å². The fourth-order valence-corrected chi connectivity index (χ4v) is 2.27. The molecule has 2 rings (SSSR count). The molecule has 0 aromatic carbocycles. The van der Waals surface area contributed by atoms with Gasteiger partial charge in [-0.2, -0.15) is 0 Å². The average Bonchev–Trinajstić information content (AvgIpc) is 2.67. The second-order valence-corrected chi connectivity index (χ2v) is 4.91. The third-order valence-corrected chi connectivity index (χ3v) is 3.19. The van der Waals surface area contributed by atoms with Gasteiger partial charge in [0, 0.05) is 11.4 Å². The first kappa shape index (κ1) is 11.3. The lowest BCUT2D eigenvalue weighted by molar-refractivity contribution is 0.614. The predicted octanol–water partition coefficient (Wildman–Crippen LogP) is 2.99. The van der Waals surface area contributed by atoms with Gasteiger partial charge in [0.25, 0.3) is 0 Å². The van der Waals surface area contributed by atoms with Crippen LogP contribution in [-0.4, -0.2) is 16.5 Å². The van der Waals surface area contributed by atoms with Crippen LogP contribution in [0, 0.1) is 5.82 Å². The lowest BCUT2D eigenvalue weighted by Gasteiger charge is -2.02. The highest BCUT2D eigenvalue weighted by atomic mass is 35.5. The maximum atomic E-state index is 12.5. The zero-order valence-corrected chi connectivity index (χ0v) is 9.85. The van der Waals surface area contributed by atoms with Crippen molar-refractivity contribution in [1.82, 2.24) is 9.97 Å². The lowest BCUT2D eigenvalue weighted by atomic mass is 10.3. The number of thiophene rings is 1. The highest BCUT2D eigenvalue weighted by molar-refractivity contribution is 7.16. The highest BCUT2D eigenvalue weighted by Crippen LogP contribution is 2.21. The van der Waals surface area contributed by atoms with E-state index in [2.05, 4.69) is 15.3 Å². The molecule has 0 spiro atoms. The van der Waals surface area contributed by atoms with Gasteiger partial charge >= 0.3 is 0 Å². The summed E-state index contributed by atoms with van der Waals surface area (Å²) in [6.45, 7) is 0.697. The standard InChI is InChI=1S/C10H9ClFN3S/c11-9-2-1-8(16-9)3-4-13-10-14-5-7(12)6-15-10/h1-2,5-6H,3-4H2,(H,13,14,15). The number of hydrogen-bond acceptors (Lipinski definition) is 4. The number of halogens is 2. The molecule has 2 heterocycles. The molecule has 0 saturated carbocycles. The normalized spacial score (nSPS) is 10.4. The summed E-state index contributed by atoms with van der Waals surface area (Å²) >= 11 is 7.36. The van der Waals surface area contributed by atoms with E-state index >= 15 is 0 Å². The molecule has 16 heavy (non-hydrogen) atoms. The van der Waals surface area contributed by atoms with Gasteiger partial charge in [0.2, 0.25) is 5.95 Å². The van der Waals surface area contributed by atoms with Crippen molar-refractivity contribution in [1.29, 1.82) is 0 Å². The SMILES string of the molecule is Fc1cnc(NCCc2ccc(Cl)s2)nc1. The van der Waals surface area contributed by atoms with Crippen LogP contribution in [0.4, 0.5) is 10.3 Å². The Kier molecular flexibility index (Phi) is 3.69. The van der Waals surface area contributed by atoms with Crippen LogP contribution in [0.1, 0.15) is 4.88 Å². The van der Waals surface area contributed by atoms with Crippen molar-refractivity contribution in [3.05, 3.63) is 39.6 Å². The van der Waals surface area contributed by atoms with Gasteiger partial charge in [-0.1, -0.05) is 11.6 Å². The number of anilines is 1. The van der Waals surface area contributed by atoms with Gasteiger partial charge in [-0.25, -0.2) is 14.4 Å². The molecule has 3 nitrogen and oxygen atoms in total. The van der Waals surface area contributed by atoms with Gasteiger partial charge < -0.3 is 5.32 Å². The average molecular weight is 258 g/mol. The van der Waals surface area contributed by atoms with Gasteiger partial charge in [0.05, 0.1) is 16.7 Å². The maximum Gasteiger partial charge on any atom is 0.222 e. The molecule has 0 aliphatic heterocycles. The Morgan fingerprint density at radius 1 is 1.31 bits per heavy atom. The monoisotopic (exact) mass is 257 g/mol. The van der Waals surface area contributed by atoms with E-state index < -0.39 is 5.82 Å². The van der Waals surface area contributed by atoms with Gasteiger partial charge in [0.1, 0.15) is 0 Å². The van der Waals surface area contributed by atoms with Crippen molar-refractivity contribution >= 4 is 28.9 Å². The van der Waals surface area contributed by atoms with Crippen LogP contribution in [0.2, 0.25) is 4.34 Å². The van der Waals surface area contributed by atoms with E-state index in [0.29, 0.717) is 12.5 Å². The van der Waals surface area contributed by atoms with E-state index in [1.807, 2.05) is 12.1 Å². The molecule has 0 aliphatic carbocycles. The molecule has 0 atom stereocenters. The van der Waals surface area contributed by atoms with Crippen LogP contribution in [0.15, 0.2) is 24.5 Å². The minimum Gasteiger partial charge on any atom is -0.354 e. The molecular weight excluding hydrogens is 249 g/mol. The van der Waals surface area contributed by atoms with Gasteiger partial charge in [-0.15, -0.1) is 11.3 Å². The number of nitrogens with zero attached hydrogens (tertiary/aromatic N) is 2. The summed E-state index contributed by atoms with van der Waals surface area (Å²) in [4.78, 5) is 8.78. The van der Waals surface area contributed by atoms with Crippen LogP contribution in [-0.2, 0) is 6.42 Å². The number of nitrogens with one attached hydrogen (secondary N) is 1. The van der Waals surface area contributed by atoms with E-state index in [1.165, 1.54) is 4.88 Å². The fraction of sp³-hybridized carbons (Fsp3) is 0.200. The summed E-state index contributed by atoms with van der Waals surface area (Å²) in [7, 11) is 0. The Bertz CT molecular complexity index is 457. The molecule has 2 aromatic rings. The Hall–Kier alpha value is -1.20. The highest BCUT2D eigenvalue weighted by Gasteiger charge is 1.99. The molecule has 0 fully saturated rings. The van der Waals surface area contributed by atoms with Crippen molar-refractivity contribution < 1.29 is 4.39 Å². The first-order valence-electron chi connectivity index (χ1n) is 4.69. The van der Waals surface area contributed by atoms with Gasteiger partial charge in [-0.05, 0) is 18.6 Å². The number of rotatable bonds is 4. The van der Waals surface area contributed by atoms with E-state index in [1.54, 1.807) is 11.3 Å². The van der Waals surface area contributed by atoms with Crippen molar-refractivity contribution in [2.75, 3.05) is 11.9 Å². The minimum atomic E-state index is -0.435. The predicted molar refractivity (Wildman–Crippen MR) is 63.5 cm³/mol. The second-order valence-electron chi connectivity index (χ2n) is 3.11. The van der Waals surface area contributed by atoms with E-state index in [9.17, 15) is 4.39 Å². The van der Waals surface area contributed by atoms with Crippen molar-refractivity contribution in [3.63, 3.8) is 0 Å². The first-order valence-corrected chi connectivity index (χ1v) is 5.89. The van der Waals surface area contributed by atoms with E-state index in [4.69, 9.17) is 11.6 Å². The molecule has 6 heteroatoms. The second kappa shape index (κ2) is 5.23. The third-order valence-electron chi connectivity index (χ3n) is 1.90. The zero-order valence-electron chi connectivity index (χ0n) is 8.28. The van der Waals surface area contributed by atoms with Crippen molar-refractivity contribution in [2.24, 2.45) is 0 Å². The Morgan fingerprint density at radius 2 is 2.06 bits per heavy atom. The number of hydrogen-bond donors (Lipinski definition) is 1. The summed E-state index contributed by atoms with van der Waals surface area (Å²) < 4.78 is 13.3. The molecule has 0 amide bonds.